The van der Waals surface area contributed by atoms with Crippen molar-refractivity contribution < 1.29 is 4.79 Å². The van der Waals surface area contributed by atoms with Crippen molar-refractivity contribution in [1.29, 1.82) is 0 Å². The molecule has 0 amide bonds. The van der Waals surface area contributed by atoms with Gasteiger partial charge in [-0.1, -0.05) is 0 Å². The molecule has 0 aliphatic rings. The second kappa shape index (κ2) is 5.02. The van der Waals surface area contributed by atoms with E-state index in [-0.39, 0.29) is 5.12 Å². The van der Waals surface area contributed by atoms with E-state index in [2.05, 4.69) is 6.92 Å². The Morgan fingerprint density at radius 1 is 1.86 bits per heavy atom. The maximum absolute atomic E-state index is 9.97. The minimum atomic E-state index is 0. The average Bonchev–Trinajstić information content (AvgIpc) is 1.35. The van der Waals surface area contributed by atoms with Gasteiger partial charge in [0.25, 0.3) is 0 Å². The third kappa shape index (κ3) is 11.2. The fraction of sp³-hybridized carbons (Fsp3) is 0.500. The Labute approximate surface area is 42.1 Å². The number of hydrogen-bond donors (Lipinski definition) is 0. The first-order valence-electron chi connectivity index (χ1n) is 1.70. The van der Waals surface area contributed by atoms with E-state index in [0.717, 1.165) is 0 Å². The molecule has 38 valence electrons. The van der Waals surface area contributed by atoms with E-state index in [1.54, 1.807) is 0 Å². The molecule has 0 atom stereocenters. The molecule has 0 N–H and O–H groups in total. The van der Waals surface area contributed by atoms with Gasteiger partial charge >= 0.3 is 0 Å². The SMILES string of the molecule is [CH2-]CSC(C)=O.[Rf]. The van der Waals surface area contributed by atoms with Gasteiger partial charge in [-0.15, -0.1) is 17.5 Å². The first kappa shape index (κ1) is 9.39. The van der Waals surface area contributed by atoms with Gasteiger partial charge in [0.05, 0.1) is 0 Å². The molecule has 0 saturated carbocycles. The first-order valence-corrected chi connectivity index (χ1v) is 2.68. The van der Waals surface area contributed by atoms with Crippen LogP contribution in [-0.4, -0.2) is 10.9 Å². The summed E-state index contributed by atoms with van der Waals surface area (Å²) in [7, 11) is 0. The van der Waals surface area contributed by atoms with Crippen molar-refractivity contribution >= 4 is 16.9 Å². The molecule has 0 unspecified atom stereocenters. The average molecular weight is 370 g/mol. The maximum atomic E-state index is 9.97. The molecule has 0 saturated heterocycles. The molecular formula is C4H7ORfS-. The molecule has 0 rings (SSSR count). The van der Waals surface area contributed by atoms with Crippen LogP contribution < -0.4 is 0 Å². The molecule has 1 nitrogen and oxygen atoms in total. The molecule has 0 aliphatic heterocycles. The third-order valence-corrected chi connectivity index (χ3v) is 0.916. The Morgan fingerprint density at radius 2 is 2.29 bits per heavy atom. The van der Waals surface area contributed by atoms with Gasteiger partial charge in [0.15, 0.2) is 5.12 Å². The number of carbonyl (C=O) groups is 1. The van der Waals surface area contributed by atoms with Crippen molar-refractivity contribution in [2.75, 3.05) is 5.75 Å². The molecular weight excluding hydrogens is 363 g/mol. The van der Waals surface area contributed by atoms with Crippen LogP contribution in [-0.2, 0) is 4.79 Å². The van der Waals surface area contributed by atoms with Gasteiger partial charge < -0.3 is 6.92 Å². The van der Waals surface area contributed by atoms with Crippen LogP contribution in [0.25, 0.3) is 0 Å². The minimum absolute atomic E-state index is 0. The zero-order valence-corrected chi connectivity index (χ0v) is 11.7. The molecule has 0 fully saturated rings. The Morgan fingerprint density at radius 3 is 2.29 bits per heavy atom. The van der Waals surface area contributed by atoms with Crippen LogP contribution in [0.5, 0.6) is 0 Å². The van der Waals surface area contributed by atoms with Crippen LogP contribution in [0.4, 0.5) is 0 Å². The zero-order valence-electron chi connectivity index (χ0n) is 4.44. The molecule has 0 spiro atoms. The van der Waals surface area contributed by atoms with E-state index in [9.17, 15) is 4.79 Å². The summed E-state index contributed by atoms with van der Waals surface area (Å²) in [5.41, 5.74) is 0. The van der Waals surface area contributed by atoms with E-state index >= 15 is 0 Å². The monoisotopic (exact) mass is 370 g/mol. The number of thioether (sulfide) groups is 1. The van der Waals surface area contributed by atoms with Crippen molar-refractivity contribution in [2.45, 2.75) is 6.92 Å². The predicted octanol–water partition coefficient (Wildman–Crippen LogP) is 1.10. The van der Waals surface area contributed by atoms with E-state index in [4.69, 9.17) is 0 Å². The molecule has 3 heteroatoms. The number of carbonyl (C=O) groups excluding carboxylic acids is 1. The van der Waals surface area contributed by atoms with Gasteiger partial charge in [-0.2, -0.15) is 0 Å². The fourth-order valence-electron chi connectivity index (χ4n) is 0.144. The summed E-state index contributed by atoms with van der Waals surface area (Å²) in [6, 6.07) is 0. The van der Waals surface area contributed by atoms with Gasteiger partial charge in [0, 0.05) is 6.92 Å². The Kier molecular flexibility index (Phi) is 6.73. The quantitative estimate of drug-likeness (QED) is 0.644. The fourth-order valence-corrected chi connectivity index (χ4v) is 0.431. The normalized spacial score (nSPS) is 7.14. The molecule has 0 bridgehead atoms. The predicted molar refractivity (Wildman–Crippen MR) is 28.5 cm³/mol. The molecule has 0 heterocycles. The molecule has 0 aromatic heterocycles. The van der Waals surface area contributed by atoms with Crippen LogP contribution in [0.3, 0.4) is 0 Å². The summed E-state index contributed by atoms with van der Waals surface area (Å²) >= 11 is 1.24. The maximum Gasteiger partial charge on any atom is 0.183 e. The zero-order chi connectivity index (χ0) is 4.99. The third-order valence-electron chi connectivity index (χ3n) is 0.305. The van der Waals surface area contributed by atoms with Gasteiger partial charge in [-0.3, -0.25) is 4.79 Å². The van der Waals surface area contributed by atoms with Gasteiger partial charge in [0.1, 0.15) is 0 Å². The summed E-state index contributed by atoms with van der Waals surface area (Å²) in [5, 5.41) is 0.144. The number of hydrogen-bond acceptors (Lipinski definition) is 2. The first-order chi connectivity index (χ1) is 2.77. The Hall–Kier alpha value is -0.980. The summed E-state index contributed by atoms with van der Waals surface area (Å²) < 4.78 is 0. The molecule has 0 aromatic rings. The Bertz CT molecular complexity index is 55.7. The summed E-state index contributed by atoms with van der Waals surface area (Å²) in [5.74, 6) is 0.648. The standard InChI is InChI=1S/C4H7OS.Rf/c1-3-6-4(2)5;/h1,3H2,2H3;/q-1;. The van der Waals surface area contributed by atoms with Gasteiger partial charge in [0.2, 0.25) is 0 Å². The van der Waals surface area contributed by atoms with E-state index in [0.29, 0.717) is 5.75 Å². The van der Waals surface area contributed by atoms with Crippen LogP contribution in [0.1, 0.15) is 6.92 Å². The topological polar surface area (TPSA) is 17.1 Å². The Balaban J connectivity index is 0. The van der Waals surface area contributed by atoms with Crippen LogP contribution in [0, 0.1) is 6.92 Å². The largest absolute Gasteiger partial charge is 0.333 e. The van der Waals surface area contributed by atoms with Crippen molar-refractivity contribution in [1.82, 2.24) is 0 Å². The van der Waals surface area contributed by atoms with Crippen LogP contribution in [0.15, 0.2) is 0 Å². The van der Waals surface area contributed by atoms with E-state index in [1.807, 2.05) is 0 Å². The molecule has 0 aromatic carbocycles. The van der Waals surface area contributed by atoms with Gasteiger partial charge in [-0.25, -0.2) is 0 Å². The van der Waals surface area contributed by atoms with Gasteiger partial charge in [-0.05, 0) is 0 Å². The smallest absolute Gasteiger partial charge is 0.183 e. The minimum Gasteiger partial charge on any atom is -0.333 e. The molecule has 0 aliphatic carbocycles. The van der Waals surface area contributed by atoms with Crippen LogP contribution >= 0.6 is 11.8 Å². The van der Waals surface area contributed by atoms with Crippen molar-refractivity contribution in [2.24, 2.45) is 0 Å². The van der Waals surface area contributed by atoms with E-state index in [1.165, 1.54) is 18.7 Å². The molecule has 0 radical (unpaired) electrons. The second-order valence-corrected chi connectivity index (χ2v) is 2.11. The van der Waals surface area contributed by atoms with Crippen molar-refractivity contribution in [3.63, 3.8) is 0 Å². The van der Waals surface area contributed by atoms with Crippen LogP contribution in [0.2, 0.25) is 0 Å². The summed E-state index contributed by atoms with van der Waals surface area (Å²) in [6.07, 6.45) is 0. The summed E-state index contributed by atoms with van der Waals surface area (Å²) in [6.45, 7) is 5.01. The molecule has 7 heavy (non-hydrogen) atoms. The number of rotatable bonds is 1. The van der Waals surface area contributed by atoms with Crippen molar-refractivity contribution in [3.8, 4) is 0 Å². The second-order valence-electron chi connectivity index (χ2n) is 0.840. The summed E-state index contributed by atoms with van der Waals surface area (Å²) in [4.78, 5) is 9.97. The van der Waals surface area contributed by atoms with E-state index < -0.39 is 0 Å². The van der Waals surface area contributed by atoms with Crippen molar-refractivity contribution in [3.05, 3.63) is 6.92 Å².